The molecule has 0 aromatic heterocycles. The molecular formula is C16H14Cl2O2. The SMILES string of the molecule is COc1ccc(C(Cl)c2cc(Cl)cc3c2OCC3)cc1. The zero-order valence-electron chi connectivity index (χ0n) is 11.0. The highest BCUT2D eigenvalue weighted by molar-refractivity contribution is 6.31. The molecule has 2 aromatic rings. The van der Waals surface area contributed by atoms with Crippen molar-refractivity contribution in [3.8, 4) is 11.5 Å². The van der Waals surface area contributed by atoms with Crippen LogP contribution in [-0.4, -0.2) is 13.7 Å². The Morgan fingerprint density at radius 3 is 2.65 bits per heavy atom. The van der Waals surface area contributed by atoms with Gasteiger partial charge in [-0.25, -0.2) is 0 Å². The second-order valence-corrected chi connectivity index (χ2v) is 5.59. The summed E-state index contributed by atoms with van der Waals surface area (Å²) in [7, 11) is 1.64. The highest BCUT2D eigenvalue weighted by Crippen LogP contribution is 2.41. The van der Waals surface area contributed by atoms with E-state index in [0.717, 1.165) is 34.6 Å². The maximum Gasteiger partial charge on any atom is 0.127 e. The van der Waals surface area contributed by atoms with Crippen molar-refractivity contribution in [1.29, 1.82) is 0 Å². The number of ether oxygens (including phenoxy) is 2. The molecule has 0 amide bonds. The van der Waals surface area contributed by atoms with E-state index in [9.17, 15) is 0 Å². The minimum atomic E-state index is -0.286. The molecule has 4 heteroatoms. The molecule has 0 fully saturated rings. The fraction of sp³-hybridized carbons (Fsp3) is 0.250. The smallest absolute Gasteiger partial charge is 0.127 e. The first-order valence-corrected chi connectivity index (χ1v) is 7.23. The molecule has 1 aliphatic heterocycles. The summed E-state index contributed by atoms with van der Waals surface area (Å²) in [6.07, 6.45) is 0.884. The molecule has 0 spiro atoms. The van der Waals surface area contributed by atoms with E-state index in [-0.39, 0.29) is 5.38 Å². The fourth-order valence-corrected chi connectivity index (χ4v) is 3.00. The second-order valence-electron chi connectivity index (χ2n) is 4.72. The molecule has 1 atom stereocenters. The lowest BCUT2D eigenvalue weighted by Crippen LogP contribution is -1.97. The van der Waals surface area contributed by atoms with Crippen molar-refractivity contribution in [3.63, 3.8) is 0 Å². The molecule has 0 saturated carbocycles. The van der Waals surface area contributed by atoms with Crippen molar-refractivity contribution >= 4 is 23.2 Å². The van der Waals surface area contributed by atoms with Crippen LogP contribution in [0.2, 0.25) is 5.02 Å². The van der Waals surface area contributed by atoms with Gasteiger partial charge in [-0.15, -0.1) is 11.6 Å². The zero-order valence-corrected chi connectivity index (χ0v) is 12.5. The summed E-state index contributed by atoms with van der Waals surface area (Å²) in [6.45, 7) is 0.689. The summed E-state index contributed by atoms with van der Waals surface area (Å²) < 4.78 is 10.9. The largest absolute Gasteiger partial charge is 0.497 e. The number of methoxy groups -OCH3 is 1. The van der Waals surface area contributed by atoms with Gasteiger partial charge in [-0.05, 0) is 35.4 Å². The Bertz CT molecular complexity index is 623. The number of halogens is 2. The molecule has 0 saturated heterocycles. The van der Waals surface area contributed by atoms with Gasteiger partial charge in [0.15, 0.2) is 0 Å². The first-order valence-electron chi connectivity index (χ1n) is 6.42. The van der Waals surface area contributed by atoms with Gasteiger partial charge < -0.3 is 9.47 Å². The van der Waals surface area contributed by atoms with Crippen LogP contribution in [0.1, 0.15) is 22.1 Å². The lowest BCUT2D eigenvalue weighted by molar-refractivity contribution is 0.353. The van der Waals surface area contributed by atoms with Gasteiger partial charge in [-0.1, -0.05) is 23.7 Å². The van der Waals surface area contributed by atoms with E-state index in [0.29, 0.717) is 11.6 Å². The van der Waals surface area contributed by atoms with Gasteiger partial charge in [0.25, 0.3) is 0 Å². The van der Waals surface area contributed by atoms with Crippen molar-refractivity contribution in [2.45, 2.75) is 11.8 Å². The van der Waals surface area contributed by atoms with E-state index < -0.39 is 0 Å². The standard InChI is InChI=1S/C16H14Cl2O2/c1-19-13-4-2-10(3-5-13)15(18)14-9-12(17)8-11-6-7-20-16(11)14/h2-5,8-9,15H,6-7H2,1H3. The lowest BCUT2D eigenvalue weighted by Gasteiger charge is -2.15. The van der Waals surface area contributed by atoms with E-state index in [1.165, 1.54) is 0 Å². The summed E-state index contributed by atoms with van der Waals surface area (Å²) in [5, 5.41) is 0.412. The van der Waals surface area contributed by atoms with Crippen LogP contribution in [0.5, 0.6) is 11.5 Å². The molecule has 1 aliphatic rings. The number of hydrogen-bond donors (Lipinski definition) is 0. The van der Waals surface area contributed by atoms with Gasteiger partial charge in [0, 0.05) is 17.0 Å². The molecule has 104 valence electrons. The lowest BCUT2D eigenvalue weighted by atomic mass is 10.0. The molecule has 1 heterocycles. The molecule has 0 radical (unpaired) electrons. The topological polar surface area (TPSA) is 18.5 Å². The number of benzene rings is 2. The Morgan fingerprint density at radius 2 is 1.95 bits per heavy atom. The molecule has 1 unspecified atom stereocenters. The Labute approximate surface area is 128 Å². The maximum absolute atomic E-state index is 6.60. The fourth-order valence-electron chi connectivity index (χ4n) is 2.44. The van der Waals surface area contributed by atoms with Crippen LogP contribution in [0.25, 0.3) is 0 Å². The third-order valence-corrected chi connectivity index (χ3v) is 4.16. The summed E-state index contributed by atoms with van der Waals surface area (Å²) in [4.78, 5) is 0. The van der Waals surface area contributed by atoms with Gasteiger partial charge in [-0.2, -0.15) is 0 Å². The number of fused-ring (bicyclic) bond motifs is 1. The minimum absolute atomic E-state index is 0.286. The van der Waals surface area contributed by atoms with Crippen molar-refractivity contribution in [2.24, 2.45) is 0 Å². The minimum Gasteiger partial charge on any atom is -0.497 e. The Hall–Kier alpha value is -1.38. The summed E-state index contributed by atoms with van der Waals surface area (Å²) in [5.74, 6) is 1.69. The van der Waals surface area contributed by atoms with Gasteiger partial charge in [0.05, 0.1) is 19.1 Å². The third kappa shape index (κ3) is 2.46. The van der Waals surface area contributed by atoms with Gasteiger partial charge in [-0.3, -0.25) is 0 Å². The molecule has 0 aliphatic carbocycles. The zero-order chi connectivity index (χ0) is 14.1. The molecular weight excluding hydrogens is 295 g/mol. The summed E-state index contributed by atoms with van der Waals surface area (Å²) >= 11 is 12.8. The molecule has 3 rings (SSSR count). The predicted octanol–water partition coefficient (Wildman–Crippen LogP) is 4.61. The van der Waals surface area contributed by atoms with E-state index in [1.54, 1.807) is 7.11 Å². The van der Waals surface area contributed by atoms with Gasteiger partial charge >= 0.3 is 0 Å². The van der Waals surface area contributed by atoms with Crippen LogP contribution < -0.4 is 9.47 Å². The van der Waals surface area contributed by atoms with Crippen LogP contribution in [0, 0.1) is 0 Å². The summed E-state index contributed by atoms with van der Waals surface area (Å²) in [5.41, 5.74) is 3.05. The van der Waals surface area contributed by atoms with Gasteiger partial charge in [0.1, 0.15) is 11.5 Å². The quantitative estimate of drug-likeness (QED) is 0.771. The maximum atomic E-state index is 6.60. The van der Waals surface area contributed by atoms with Crippen LogP contribution in [0.3, 0.4) is 0 Å². The molecule has 0 bridgehead atoms. The monoisotopic (exact) mass is 308 g/mol. The van der Waals surface area contributed by atoms with Crippen molar-refractivity contribution < 1.29 is 9.47 Å². The van der Waals surface area contributed by atoms with Crippen LogP contribution in [0.15, 0.2) is 36.4 Å². The Kier molecular flexibility index (Phi) is 3.77. The Morgan fingerprint density at radius 1 is 1.20 bits per heavy atom. The second kappa shape index (κ2) is 5.55. The molecule has 20 heavy (non-hydrogen) atoms. The highest BCUT2D eigenvalue weighted by Gasteiger charge is 2.23. The van der Waals surface area contributed by atoms with Crippen molar-refractivity contribution in [1.82, 2.24) is 0 Å². The van der Waals surface area contributed by atoms with E-state index in [1.807, 2.05) is 36.4 Å². The molecule has 2 nitrogen and oxygen atoms in total. The molecule has 2 aromatic carbocycles. The van der Waals surface area contributed by atoms with Crippen LogP contribution in [0.4, 0.5) is 0 Å². The normalized spacial score (nSPS) is 14.6. The van der Waals surface area contributed by atoms with Crippen molar-refractivity contribution in [3.05, 3.63) is 58.1 Å². The number of rotatable bonds is 3. The van der Waals surface area contributed by atoms with E-state index in [2.05, 4.69) is 0 Å². The predicted molar refractivity (Wildman–Crippen MR) is 81.3 cm³/mol. The van der Waals surface area contributed by atoms with Crippen LogP contribution >= 0.6 is 23.2 Å². The van der Waals surface area contributed by atoms with E-state index in [4.69, 9.17) is 32.7 Å². The molecule has 0 N–H and O–H groups in total. The first kappa shape index (κ1) is 13.6. The average Bonchev–Trinajstić information content (AvgIpc) is 2.94. The van der Waals surface area contributed by atoms with Gasteiger partial charge in [0.2, 0.25) is 0 Å². The first-order chi connectivity index (χ1) is 9.69. The average molecular weight is 309 g/mol. The Balaban J connectivity index is 1.99. The van der Waals surface area contributed by atoms with E-state index >= 15 is 0 Å². The number of alkyl halides is 1. The number of hydrogen-bond acceptors (Lipinski definition) is 2. The summed E-state index contributed by atoms with van der Waals surface area (Å²) in [6, 6.07) is 11.5. The third-order valence-electron chi connectivity index (χ3n) is 3.46. The highest BCUT2D eigenvalue weighted by atomic mass is 35.5. The van der Waals surface area contributed by atoms with Crippen LogP contribution in [-0.2, 0) is 6.42 Å². The van der Waals surface area contributed by atoms with Crippen molar-refractivity contribution in [2.75, 3.05) is 13.7 Å².